The molecule has 0 aromatic heterocycles. The smallest absolute Gasteiger partial charge is 0.0747 e. The van der Waals surface area contributed by atoms with Crippen molar-refractivity contribution in [1.82, 2.24) is 0 Å². The van der Waals surface area contributed by atoms with E-state index < -0.39 is 10.8 Å². The topological polar surface area (TPSA) is 6.48 Å². The summed E-state index contributed by atoms with van der Waals surface area (Å²) < 4.78 is 0. The minimum absolute atomic E-state index is 0.545. The van der Waals surface area contributed by atoms with E-state index in [2.05, 4.69) is 301 Å². The van der Waals surface area contributed by atoms with Crippen molar-refractivity contribution >= 4 is 44.9 Å². The summed E-state index contributed by atoms with van der Waals surface area (Å²) in [5.74, 6) is 0. The Morgan fingerprint density at radius 2 is 0.676 bits per heavy atom. The number of hydrogen-bond donors (Lipinski definition) is 0. The van der Waals surface area contributed by atoms with E-state index in [1.165, 1.54) is 88.7 Å². The van der Waals surface area contributed by atoms with E-state index in [4.69, 9.17) is 0 Å². The first-order valence-electron chi connectivity index (χ1n) is 25.8. The molecule has 0 saturated carbocycles. The van der Waals surface area contributed by atoms with Gasteiger partial charge in [0.1, 0.15) is 0 Å². The van der Waals surface area contributed by atoms with E-state index in [0.29, 0.717) is 0 Å². The molecule has 2 heteroatoms. The highest BCUT2D eigenvalue weighted by Crippen LogP contribution is 2.67. The van der Waals surface area contributed by atoms with Gasteiger partial charge in [0, 0.05) is 33.9 Å². The summed E-state index contributed by atoms with van der Waals surface area (Å²) in [4.78, 5) is 5.03. The van der Waals surface area contributed by atoms with Crippen LogP contribution in [0.15, 0.2) is 291 Å². The highest BCUT2D eigenvalue weighted by Gasteiger charge is 2.54. The van der Waals surface area contributed by atoms with Crippen LogP contribution in [0.1, 0.15) is 44.5 Å². The molecule has 346 valence electrons. The second kappa shape index (κ2) is 16.5. The van der Waals surface area contributed by atoms with Gasteiger partial charge in [0.15, 0.2) is 0 Å². The Balaban J connectivity index is 1.05. The molecule has 12 aromatic rings. The fourth-order valence-corrected chi connectivity index (χ4v) is 13.5. The fraction of sp³-hybridized carbons (Fsp3) is 0.0278. The number of benzene rings is 12. The summed E-state index contributed by atoms with van der Waals surface area (Å²) in [6, 6.07) is 108. The molecule has 0 fully saturated rings. The zero-order valence-corrected chi connectivity index (χ0v) is 40.6. The monoisotopic (exact) mass is 940 g/mol. The van der Waals surface area contributed by atoms with Crippen LogP contribution in [0.2, 0.25) is 0 Å². The third-order valence-electron chi connectivity index (χ3n) is 16.3. The third kappa shape index (κ3) is 5.82. The second-order valence-corrected chi connectivity index (χ2v) is 19.8. The Morgan fingerprint density at radius 3 is 1.27 bits per heavy atom. The van der Waals surface area contributed by atoms with Gasteiger partial charge in [0.2, 0.25) is 0 Å². The first kappa shape index (κ1) is 42.2. The maximum absolute atomic E-state index is 2.55. The van der Waals surface area contributed by atoms with E-state index >= 15 is 0 Å². The summed E-state index contributed by atoms with van der Waals surface area (Å²) in [5, 5.41) is 2.46. The van der Waals surface area contributed by atoms with Crippen molar-refractivity contribution in [3.05, 3.63) is 336 Å². The van der Waals surface area contributed by atoms with Crippen LogP contribution in [-0.2, 0) is 10.8 Å². The van der Waals surface area contributed by atoms with Gasteiger partial charge in [-0.3, -0.25) is 0 Å². The van der Waals surface area contributed by atoms with Crippen LogP contribution in [0, 0.1) is 0 Å². The predicted octanol–water partition coefficient (Wildman–Crippen LogP) is 18.5. The number of para-hydroxylation sites is 3. The minimum atomic E-state index is -0.696. The fourth-order valence-electron chi connectivity index (χ4n) is 13.5. The summed E-state index contributed by atoms with van der Waals surface area (Å²) >= 11 is 0. The summed E-state index contributed by atoms with van der Waals surface area (Å²) in [6.07, 6.45) is 0. The molecule has 0 amide bonds. The summed E-state index contributed by atoms with van der Waals surface area (Å²) in [7, 11) is 0. The van der Waals surface area contributed by atoms with E-state index in [1.54, 1.807) is 0 Å². The molecule has 1 atom stereocenters. The third-order valence-corrected chi connectivity index (χ3v) is 16.3. The van der Waals surface area contributed by atoms with Crippen LogP contribution < -0.4 is 9.80 Å². The lowest BCUT2D eigenvalue weighted by Gasteiger charge is -2.37. The molecule has 1 spiro atoms. The number of fused-ring (bicyclic) bond motifs is 15. The van der Waals surface area contributed by atoms with E-state index in [9.17, 15) is 0 Å². The van der Waals surface area contributed by atoms with Crippen molar-refractivity contribution in [1.29, 1.82) is 0 Å². The molecule has 0 heterocycles. The molecule has 12 aromatic carbocycles. The van der Waals surface area contributed by atoms with Gasteiger partial charge in [-0.2, -0.15) is 0 Å². The molecule has 74 heavy (non-hydrogen) atoms. The molecule has 3 aliphatic carbocycles. The maximum Gasteiger partial charge on any atom is 0.0747 e. The van der Waals surface area contributed by atoms with Crippen molar-refractivity contribution in [3.63, 3.8) is 0 Å². The molecule has 3 aliphatic rings. The van der Waals surface area contributed by atoms with E-state index in [0.717, 1.165) is 34.1 Å². The van der Waals surface area contributed by atoms with Crippen molar-refractivity contribution in [2.75, 3.05) is 9.80 Å². The van der Waals surface area contributed by atoms with Crippen molar-refractivity contribution in [2.24, 2.45) is 0 Å². The van der Waals surface area contributed by atoms with Crippen LogP contribution in [0.3, 0.4) is 0 Å². The molecule has 0 aliphatic heterocycles. The van der Waals surface area contributed by atoms with Gasteiger partial charge in [-0.05, 0) is 138 Å². The Hall–Kier alpha value is -9.50. The standard InChI is InChI=1S/C72H48N2/c1-6-26-50(27-7-1)71(51-28-8-2-9-29-51)62-41-22-20-39-60(62)69-64(71)43-24-44-66(69)74(54-34-14-5-15-35-54)55-45-46-58-57-37-18-21-40-61(57)72(65(58)48-55)63-42-23-19-38-59(63)68-56-36-17-16-25-49(56)47-67(70(68)72)73(52-30-10-3-11-31-52)53-32-12-4-13-33-53/h1-48H. The molecular weight excluding hydrogens is 893 g/mol. The van der Waals surface area contributed by atoms with Gasteiger partial charge in [-0.15, -0.1) is 0 Å². The molecule has 0 N–H and O–H groups in total. The Labute approximate surface area is 432 Å². The lowest BCUT2D eigenvalue weighted by atomic mass is 9.68. The molecule has 0 bridgehead atoms. The molecule has 15 rings (SSSR count). The lowest BCUT2D eigenvalue weighted by molar-refractivity contribution is 0.768. The van der Waals surface area contributed by atoms with E-state index in [-0.39, 0.29) is 0 Å². The highest BCUT2D eigenvalue weighted by molar-refractivity contribution is 6.11. The largest absolute Gasteiger partial charge is 0.310 e. The Bertz CT molecular complexity index is 4050. The lowest BCUT2D eigenvalue weighted by Crippen LogP contribution is -2.29. The normalized spacial score (nSPS) is 14.9. The van der Waals surface area contributed by atoms with Gasteiger partial charge < -0.3 is 9.80 Å². The first-order chi connectivity index (χ1) is 36.8. The number of rotatable bonds is 8. The van der Waals surface area contributed by atoms with Gasteiger partial charge in [-0.1, -0.05) is 231 Å². The molecule has 0 saturated heterocycles. The van der Waals surface area contributed by atoms with Gasteiger partial charge in [-0.25, -0.2) is 0 Å². The molecular formula is C72H48N2. The average molecular weight is 941 g/mol. The van der Waals surface area contributed by atoms with Crippen LogP contribution in [0.4, 0.5) is 34.1 Å². The quantitative estimate of drug-likeness (QED) is 0.150. The minimum Gasteiger partial charge on any atom is -0.310 e. The summed E-state index contributed by atoms with van der Waals surface area (Å²) in [5.41, 5.74) is 23.3. The van der Waals surface area contributed by atoms with Crippen LogP contribution in [0.25, 0.3) is 44.2 Å². The van der Waals surface area contributed by atoms with Crippen molar-refractivity contribution in [2.45, 2.75) is 10.8 Å². The second-order valence-electron chi connectivity index (χ2n) is 19.8. The van der Waals surface area contributed by atoms with Crippen LogP contribution >= 0.6 is 0 Å². The molecule has 0 radical (unpaired) electrons. The maximum atomic E-state index is 2.55. The zero-order valence-electron chi connectivity index (χ0n) is 40.6. The Kier molecular flexibility index (Phi) is 9.43. The van der Waals surface area contributed by atoms with E-state index in [1.807, 2.05) is 0 Å². The highest BCUT2D eigenvalue weighted by atomic mass is 15.2. The summed E-state index contributed by atoms with van der Waals surface area (Å²) in [6.45, 7) is 0. The van der Waals surface area contributed by atoms with Crippen LogP contribution in [0.5, 0.6) is 0 Å². The van der Waals surface area contributed by atoms with Gasteiger partial charge in [0.05, 0.1) is 22.2 Å². The Morgan fingerprint density at radius 1 is 0.243 bits per heavy atom. The average Bonchev–Trinajstić information content (AvgIpc) is 4.15. The SMILES string of the molecule is c1ccc(N(c2ccc3c(c2)C2(c4ccccc4-3)c3ccccc3-c3c2c(N(c2ccccc2)c2ccccc2)cc2ccccc32)c2cccc3c2-c2ccccc2C3(c2ccccc2)c2ccccc2)cc1. The number of anilines is 6. The van der Waals surface area contributed by atoms with Gasteiger partial charge in [0.25, 0.3) is 0 Å². The van der Waals surface area contributed by atoms with Crippen molar-refractivity contribution in [3.8, 4) is 33.4 Å². The zero-order chi connectivity index (χ0) is 48.8. The van der Waals surface area contributed by atoms with Gasteiger partial charge >= 0.3 is 0 Å². The van der Waals surface area contributed by atoms with Crippen molar-refractivity contribution < 1.29 is 0 Å². The predicted molar refractivity (Wildman–Crippen MR) is 307 cm³/mol. The van der Waals surface area contributed by atoms with Crippen LogP contribution in [-0.4, -0.2) is 0 Å². The molecule has 2 nitrogen and oxygen atoms in total. The molecule has 1 unspecified atom stereocenters. The number of nitrogens with zero attached hydrogens (tertiary/aromatic N) is 2. The first-order valence-corrected chi connectivity index (χ1v) is 25.8. The number of hydrogen-bond acceptors (Lipinski definition) is 2.